The first-order chi connectivity index (χ1) is 12.1. The molecule has 0 bridgehead atoms. The summed E-state index contributed by atoms with van der Waals surface area (Å²) in [6, 6.07) is 1.65. The lowest BCUT2D eigenvalue weighted by Crippen LogP contribution is -2.45. The van der Waals surface area contributed by atoms with Crippen molar-refractivity contribution in [3.8, 4) is 0 Å². The van der Waals surface area contributed by atoms with E-state index in [1.807, 2.05) is 6.92 Å². The Balaban J connectivity index is 1.87. The fourth-order valence-electron chi connectivity index (χ4n) is 2.65. The molecule has 1 aromatic rings. The zero-order chi connectivity index (χ0) is 18.1. The van der Waals surface area contributed by atoms with Crippen LogP contribution in [0.15, 0.2) is 10.6 Å². The van der Waals surface area contributed by atoms with Gasteiger partial charge in [0.05, 0.1) is 19.8 Å². The Morgan fingerprint density at radius 3 is 2.76 bits per heavy atom. The fourth-order valence-corrected chi connectivity index (χ4v) is 2.65. The van der Waals surface area contributed by atoms with Gasteiger partial charge in [-0.05, 0) is 13.3 Å². The predicted molar refractivity (Wildman–Crippen MR) is 93.2 cm³/mol. The van der Waals surface area contributed by atoms with E-state index in [4.69, 9.17) is 9.26 Å². The Morgan fingerprint density at radius 1 is 1.36 bits per heavy atom. The lowest BCUT2D eigenvalue weighted by Gasteiger charge is -2.30. The molecule has 0 unspecified atom stereocenters. The lowest BCUT2D eigenvalue weighted by atomic mass is 10.2. The van der Waals surface area contributed by atoms with Gasteiger partial charge < -0.3 is 19.5 Å². The number of hydrogen-bond donors (Lipinski definition) is 1. The highest BCUT2D eigenvalue weighted by atomic mass is 16.5. The van der Waals surface area contributed by atoms with Gasteiger partial charge in [-0.25, -0.2) is 0 Å². The summed E-state index contributed by atoms with van der Waals surface area (Å²) in [6.45, 7) is 8.27. The average Bonchev–Trinajstić information content (AvgIpc) is 3.02. The van der Waals surface area contributed by atoms with Crippen LogP contribution in [0.5, 0.6) is 0 Å². The number of morpholine rings is 1. The third kappa shape index (κ3) is 6.83. The Hall–Kier alpha value is -1.93. The first-order valence-corrected chi connectivity index (χ1v) is 8.89. The van der Waals surface area contributed by atoms with E-state index in [0.717, 1.165) is 45.7 Å². The molecule has 8 heteroatoms. The maximum absolute atomic E-state index is 12.4. The van der Waals surface area contributed by atoms with E-state index in [-0.39, 0.29) is 18.4 Å². The number of nitrogens with one attached hydrogen (secondary N) is 1. The van der Waals surface area contributed by atoms with Gasteiger partial charge in [0.25, 0.3) is 0 Å². The molecule has 0 aliphatic carbocycles. The maximum Gasteiger partial charge on any atom is 0.245 e. The molecule has 0 atom stereocenters. The molecule has 1 N–H and O–H groups in total. The second kappa shape index (κ2) is 10.1. The number of carbonyl (C=O) groups excluding carboxylic acids is 2. The highest BCUT2D eigenvalue weighted by Gasteiger charge is 2.19. The van der Waals surface area contributed by atoms with Gasteiger partial charge in [-0.1, -0.05) is 18.5 Å². The topological polar surface area (TPSA) is 87.9 Å². The standard InChI is InChI=1S/C17H28N4O4/c1-3-4-5-17(23)21(7-6-20-8-10-24-11-9-20)13-16(22)18-15-12-14(2)25-19-15/h12H,3-11,13H2,1-2H3,(H,18,19,22). The number of hydrogen-bond acceptors (Lipinski definition) is 6. The van der Waals surface area contributed by atoms with Gasteiger partial charge in [0, 0.05) is 38.7 Å². The van der Waals surface area contributed by atoms with Crippen LogP contribution in [0.1, 0.15) is 31.9 Å². The molecule has 1 fully saturated rings. The normalized spacial score (nSPS) is 15.1. The van der Waals surface area contributed by atoms with Gasteiger partial charge >= 0.3 is 0 Å². The minimum Gasteiger partial charge on any atom is -0.379 e. The van der Waals surface area contributed by atoms with Crippen molar-refractivity contribution < 1.29 is 18.8 Å². The molecule has 140 valence electrons. The smallest absolute Gasteiger partial charge is 0.245 e. The van der Waals surface area contributed by atoms with Crippen LogP contribution in [0.25, 0.3) is 0 Å². The highest BCUT2D eigenvalue weighted by Crippen LogP contribution is 2.08. The van der Waals surface area contributed by atoms with Crippen LogP contribution in [-0.2, 0) is 14.3 Å². The van der Waals surface area contributed by atoms with Crippen LogP contribution in [0.3, 0.4) is 0 Å². The summed E-state index contributed by atoms with van der Waals surface area (Å²) in [4.78, 5) is 28.6. The number of carbonyl (C=O) groups is 2. The second-order valence-corrected chi connectivity index (χ2v) is 6.24. The molecule has 0 spiro atoms. The Kier molecular flexibility index (Phi) is 7.87. The van der Waals surface area contributed by atoms with Crippen molar-refractivity contribution >= 4 is 17.6 Å². The van der Waals surface area contributed by atoms with Crippen LogP contribution >= 0.6 is 0 Å². The maximum atomic E-state index is 12.4. The summed E-state index contributed by atoms with van der Waals surface area (Å²) in [5.41, 5.74) is 0. The highest BCUT2D eigenvalue weighted by molar-refractivity contribution is 5.93. The number of amides is 2. The van der Waals surface area contributed by atoms with Crippen molar-refractivity contribution in [2.45, 2.75) is 33.1 Å². The van der Waals surface area contributed by atoms with E-state index < -0.39 is 0 Å². The number of unbranched alkanes of at least 4 members (excludes halogenated alkanes) is 1. The summed E-state index contributed by atoms with van der Waals surface area (Å²) in [6.07, 6.45) is 2.25. The minimum atomic E-state index is -0.264. The molecule has 1 aliphatic heterocycles. The van der Waals surface area contributed by atoms with E-state index in [9.17, 15) is 9.59 Å². The zero-order valence-electron chi connectivity index (χ0n) is 15.1. The summed E-state index contributed by atoms with van der Waals surface area (Å²) >= 11 is 0. The lowest BCUT2D eigenvalue weighted by molar-refractivity contribution is -0.135. The van der Waals surface area contributed by atoms with Crippen LogP contribution in [0, 0.1) is 6.92 Å². The molecule has 1 aromatic heterocycles. The van der Waals surface area contributed by atoms with Crippen LogP contribution in [-0.4, -0.2) is 72.7 Å². The number of ether oxygens (including phenoxy) is 1. The minimum absolute atomic E-state index is 0.0154. The molecule has 0 saturated carbocycles. The molecule has 0 aromatic carbocycles. The number of anilines is 1. The van der Waals surface area contributed by atoms with Crippen LogP contribution in [0.2, 0.25) is 0 Å². The van der Waals surface area contributed by atoms with E-state index in [1.165, 1.54) is 0 Å². The number of aryl methyl sites for hydroxylation is 1. The molecule has 2 heterocycles. The van der Waals surface area contributed by atoms with Gasteiger partial charge in [-0.2, -0.15) is 0 Å². The monoisotopic (exact) mass is 352 g/mol. The molecular formula is C17H28N4O4. The fraction of sp³-hybridized carbons (Fsp3) is 0.706. The van der Waals surface area contributed by atoms with E-state index in [0.29, 0.717) is 24.5 Å². The van der Waals surface area contributed by atoms with Crippen molar-refractivity contribution in [3.63, 3.8) is 0 Å². The average molecular weight is 352 g/mol. The molecule has 1 saturated heterocycles. The van der Waals surface area contributed by atoms with Crippen molar-refractivity contribution in [2.75, 3.05) is 51.3 Å². The van der Waals surface area contributed by atoms with Crippen LogP contribution < -0.4 is 5.32 Å². The third-order valence-electron chi connectivity index (χ3n) is 4.12. The van der Waals surface area contributed by atoms with Crippen molar-refractivity contribution in [2.24, 2.45) is 0 Å². The third-order valence-corrected chi connectivity index (χ3v) is 4.12. The summed E-state index contributed by atoms with van der Waals surface area (Å²) in [7, 11) is 0. The first-order valence-electron chi connectivity index (χ1n) is 8.89. The molecule has 0 radical (unpaired) electrons. The van der Waals surface area contributed by atoms with Gasteiger partial charge in [0.15, 0.2) is 5.82 Å². The van der Waals surface area contributed by atoms with Crippen molar-refractivity contribution in [3.05, 3.63) is 11.8 Å². The van der Waals surface area contributed by atoms with Crippen LogP contribution in [0.4, 0.5) is 5.82 Å². The Labute approximate surface area is 148 Å². The molecule has 2 rings (SSSR count). The van der Waals surface area contributed by atoms with E-state index >= 15 is 0 Å². The van der Waals surface area contributed by atoms with E-state index in [2.05, 4.69) is 15.4 Å². The van der Waals surface area contributed by atoms with Crippen molar-refractivity contribution in [1.29, 1.82) is 0 Å². The largest absolute Gasteiger partial charge is 0.379 e. The SMILES string of the molecule is CCCCC(=O)N(CCN1CCOCC1)CC(=O)Nc1cc(C)on1. The molecule has 1 aliphatic rings. The Bertz CT molecular complexity index is 555. The zero-order valence-corrected chi connectivity index (χ0v) is 15.1. The summed E-state index contributed by atoms with van der Waals surface area (Å²) in [5.74, 6) is 0.747. The molecule has 8 nitrogen and oxygen atoms in total. The van der Waals surface area contributed by atoms with Gasteiger partial charge in [0.2, 0.25) is 11.8 Å². The quantitative estimate of drug-likeness (QED) is 0.720. The number of aromatic nitrogens is 1. The van der Waals surface area contributed by atoms with E-state index in [1.54, 1.807) is 17.9 Å². The number of rotatable bonds is 9. The second-order valence-electron chi connectivity index (χ2n) is 6.24. The molecule has 25 heavy (non-hydrogen) atoms. The van der Waals surface area contributed by atoms with Gasteiger partial charge in [-0.3, -0.25) is 14.5 Å². The first kappa shape index (κ1) is 19.4. The van der Waals surface area contributed by atoms with Crippen molar-refractivity contribution in [1.82, 2.24) is 15.0 Å². The van der Waals surface area contributed by atoms with Gasteiger partial charge in [-0.15, -0.1) is 0 Å². The Morgan fingerprint density at radius 2 is 2.12 bits per heavy atom. The van der Waals surface area contributed by atoms with Gasteiger partial charge in [0.1, 0.15) is 5.76 Å². The summed E-state index contributed by atoms with van der Waals surface area (Å²) in [5, 5.41) is 6.42. The molecular weight excluding hydrogens is 324 g/mol. The molecule has 2 amide bonds. The summed E-state index contributed by atoms with van der Waals surface area (Å²) < 4.78 is 10.3. The predicted octanol–water partition coefficient (Wildman–Crippen LogP) is 1.27. The number of nitrogens with zero attached hydrogens (tertiary/aromatic N) is 3.